The van der Waals surface area contributed by atoms with Crippen LogP contribution in [-0.4, -0.2) is 4.98 Å². The third kappa shape index (κ3) is 4.66. The van der Waals surface area contributed by atoms with Crippen molar-refractivity contribution in [1.29, 1.82) is 0 Å². The zero-order valence-electron chi connectivity index (χ0n) is 16.4. The molecule has 0 aliphatic rings. The Bertz CT molecular complexity index is 1270. The minimum Gasteiger partial charge on any atom is -0.248 e. The summed E-state index contributed by atoms with van der Waals surface area (Å²) in [5.41, 5.74) is 1.02. The summed E-state index contributed by atoms with van der Waals surface area (Å²) >= 11 is 0. The fraction of sp³-hybridized carbons (Fsp3) is 0.0800. The number of nitrogens with zero attached hydrogens (tertiary/aromatic N) is 1. The van der Waals surface area contributed by atoms with Crippen molar-refractivity contribution >= 4 is 22.6 Å². The van der Waals surface area contributed by atoms with Gasteiger partial charge in [0.15, 0.2) is 0 Å². The number of hydrogen-bond donors (Lipinski definition) is 0. The van der Waals surface area contributed by atoms with Crippen LogP contribution in [0.3, 0.4) is 0 Å². The summed E-state index contributed by atoms with van der Waals surface area (Å²) in [5, 5.41) is 0.887. The highest BCUT2D eigenvalue weighted by Gasteiger charge is 2.31. The van der Waals surface area contributed by atoms with Crippen molar-refractivity contribution in [2.75, 3.05) is 0 Å². The lowest BCUT2D eigenvalue weighted by atomic mass is 9.97. The summed E-state index contributed by atoms with van der Waals surface area (Å²) in [6, 6.07) is 20.1. The topological polar surface area (TPSA) is 12.9 Å². The molecule has 1 aromatic heterocycles. The minimum atomic E-state index is -4.48. The molecule has 0 amide bonds. The van der Waals surface area contributed by atoms with E-state index in [2.05, 4.69) is 4.98 Å². The minimum absolute atomic E-state index is 0.459. The maximum atomic E-state index is 13.0. The summed E-state index contributed by atoms with van der Waals surface area (Å²) in [4.78, 5) is 4.61. The van der Waals surface area contributed by atoms with Gasteiger partial charge in [0.25, 0.3) is 0 Å². The molecule has 0 bridgehead atoms. The Balaban J connectivity index is 1.83. The van der Waals surface area contributed by atoms with Crippen LogP contribution in [0.2, 0.25) is 0 Å². The fourth-order valence-electron chi connectivity index (χ4n) is 3.29. The first-order valence-electron chi connectivity index (χ1n) is 9.54. The van der Waals surface area contributed by atoms with E-state index in [0.29, 0.717) is 27.9 Å². The number of pyridine rings is 1. The van der Waals surface area contributed by atoms with E-state index in [0.717, 1.165) is 29.7 Å². The molecule has 32 heavy (non-hydrogen) atoms. The predicted molar refractivity (Wildman–Crippen MR) is 112 cm³/mol. The van der Waals surface area contributed by atoms with Crippen LogP contribution in [0.25, 0.3) is 22.6 Å². The largest absolute Gasteiger partial charge is 0.416 e. The number of para-hydroxylation sites is 1. The van der Waals surface area contributed by atoms with Gasteiger partial charge in [-0.25, -0.2) is 4.98 Å². The first-order chi connectivity index (χ1) is 15.1. The normalized spacial score (nSPS) is 12.9. The smallest absolute Gasteiger partial charge is 0.248 e. The number of hydrogen-bond acceptors (Lipinski definition) is 1. The molecule has 4 aromatic rings. The SMILES string of the molecule is FC(F)(F)c1ccc(C=C(c2ccc(C(F)(F)F)cc2)c2ccc3ccccc3n2)cc1. The quantitative estimate of drug-likeness (QED) is 0.232. The van der Waals surface area contributed by atoms with Crippen LogP contribution >= 0.6 is 0 Å². The Morgan fingerprint density at radius 2 is 1.19 bits per heavy atom. The van der Waals surface area contributed by atoms with E-state index >= 15 is 0 Å². The van der Waals surface area contributed by atoms with Crippen LogP contribution < -0.4 is 0 Å². The lowest BCUT2D eigenvalue weighted by Gasteiger charge is -2.12. The van der Waals surface area contributed by atoms with Crippen molar-refractivity contribution < 1.29 is 26.3 Å². The average molecular weight is 443 g/mol. The van der Waals surface area contributed by atoms with E-state index < -0.39 is 23.5 Å². The summed E-state index contributed by atoms with van der Waals surface area (Å²) < 4.78 is 77.6. The molecule has 0 saturated heterocycles. The van der Waals surface area contributed by atoms with Gasteiger partial charge in [-0.05, 0) is 53.6 Å². The van der Waals surface area contributed by atoms with Gasteiger partial charge in [-0.15, -0.1) is 0 Å². The average Bonchev–Trinajstić information content (AvgIpc) is 2.76. The van der Waals surface area contributed by atoms with E-state index in [9.17, 15) is 26.3 Å². The van der Waals surface area contributed by atoms with Crippen LogP contribution in [0.1, 0.15) is 27.9 Å². The highest BCUT2D eigenvalue weighted by molar-refractivity contribution is 5.92. The second-order valence-corrected chi connectivity index (χ2v) is 7.14. The number of benzene rings is 3. The van der Waals surface area contributed by atoms with Crippen molar-refractivity contribution in [3.05, 3.63) is 113 Å². The fourth-order valence-corrected chi connectivity index (χ4v) is 3.29. The Kier molecular flexibility index (Phi) is 5.50. The highest BCUT2D eigenvalue weighted by atomic mass is 19.4. The van der Waals surface area contributed by atoms with Crippen LogP contribution in [0.5, 0.6) is 0 Å². The van der Waals surface area contributed by atoms with E-state index in [1.54, 1.807) is 18.2 Å². The zero-order chi connectivity index (χ0) is 22.9. The van der Waals surface area contributed by atoms with E-state index in [-0.39, 0.29) is 0 Å². The van der Waals surface area contributed by atoms with Crippen molar-refractivity contribution in [3.8, 4) is 0 Å². The van der Waals surface area contributed by atoms with Crippen LogP contribution in [0, 0.1) is 0 Å². The second-order valence-electron chi connectivity index (χ2n) is 7.14. The predicted octanol–water partition coefficient (Wildman–Crippen LogP) is 7.86. The third-order valence-electron chi connectivity index (χ3n) is 4.95. The molecule has 4 rings (SSSR count). The summed E-state index contributed by atoms with van der Waals surface area (Å²) in [7, 11) is 0. The van der Waals surface area contributed by atoms with Crippen LogP contribution in [0.4, 0.5) is 26.3 Å². The molecule has 0 N–H and O–H groups in total. The molecule has 3 aromatic carbocycles. The molecule has 0 aliphatic heterocycles. The second kappa shape index (κ2) is 8.15. The lowest BCUT2D eigenvalue weighted by molar-refractivity contribution is -0.138. The van der Waals surface area contributed by atoms with Crippen molar-refractivity contribution in [1.82, 2.24) is 4.98 Å². The molecule has 1 heterocycles. The standard InChI is InChI=1S/C25H15F6N/c26-24(27,28)19-10-5-16(6-11-19)15-21(17-7-12-20(13-8-17)25(29,30)31)23-14-9-18-3-1-2-4-22(18)32-23/h1-15H. The van der Waals surface area contributed by atoms with Crippen LogP contribution in [-0.2, 0) is 12.4 Å². The third-order valence-corrected chi connectivity index (χ3v) is 4.95. The van der Waals surface area contributed by atoms with Gasteiger partial charge in [0, 0.05) is 11.0 Å². The number of alkyl halides is 6. The number of halogens is 6. The van der Waals surface area contributed by atoms with Gasteiger partial charge in [0.1, 0.15) is 0 Å². The zero-order valence-corrected chi connectivity index (χ0v) is 16.4. The number of rotatable bonds is 3. The molecule has 0 spiro atoms. The molecule has 0 radical (unpaired) electrons. The Labute approximate surface area is 179 Å². The molecule has 162 valence electrons. The van der Waals surface area contributed by atoms with Crippen LogP contribution in [0.15, 0.2) is 84.9 Å². The van der Waals surface area contributed by atoms with Gasteiger partial charge in [-0.2, -0.15) is 26.3 Å². The first kappa shape index (κ1) is 21.6. The van der Waals surface area contributed by atoms with E-state index in [1.165, 1.54) is 24.3 Å². The molecular weight excluding hydrogens is 428 g/mol. The Hall–Kier alpha value is -3.61. The monoisotopic (exact) mass is 443 g/mol. The van der Waals surface area contributed by atoms with Gasteiger partial charge in [0.2, 0.25) is 0 Å². The van der Waals surface area contributed by atoms with E-state index in [1.807, 2.05) is 24.3 Å². The first-order valence-corrected chi connectivity index (χ1v) is 9.54. The summed E-state index contributed by atoms with van der Waals surface area (Å²) in [6.07, 6.45) is -7.32. The Morgan fingerprint density at radius 1 is 0.625 bits per heavy atom. The van der Waals surface area contributed by atoms with Gasteiger partial charge in [-0.1, -0.05) is 48.5 Å². The highest BCUT2D eigenvalue weighted by Crippen LogP contribution is 2.33. The molecule has 0 atom stereocenters. The van der Waals surface area contributed by atoms with Crippen molar-refractivity contribution in [3.63, 3.8) is 0 Å². The Morgan fingerprint density at radius 3 is 1.78 bits per heavy atom. The molecule has 0 fully saturated rings. The number of aromatic nitrogens is 1. The maximum absolute atomic E-state index is 13.0. The maximum Gasteiger partial charge on any atom is 0.416 e. The van der Waals surface area contributed by atoms with Gasteiger partial charge >= 0.3 is 12.4 Å². The van der Waals surface area contributed by atoms with Crippen molar-refractivity contribution in [2.45, 2.75) is 12.4 Å². The molecule has 0 saturated carbocycles. The molecule has 0 aliphatic carbocycles. The molecule has 1 nitrogen and oxygen atoms in total. The molecule has 7 heteroatoms. The summed E-state index contributed by atoms with van der Waals surface area (Å²) in [6.45, 7) is 0. The van der Waals surface area contributed by atoms with E-state index in [4.69, 9.17) is 0 Å². The van der Waals surface area contributed by atoms with Gasteiger partial charge in [-0.3, -0.25) is 0 Å². The van der Waals surface area contributed by atoms with Gasteiger partial charge < -0.3 is 0 Å². The van der Waals surface area contributed by atoms with Crippen molar-refractivity contribution in [2.24, 2.45) is 0 Å². The molecular formula is C25H15F6N. The summed E-state index contributed by atoms with van der Waals surface area (Å²) in [5.74, 6) is 0. The van der Waals surface area contributed by atoms with Gasteiger partial charge in [0.05, 0.1) is 22.3 Å². The number of fused-ring (bicyclic) bond motifs is 1. The molecule has 0 unspecified atom stereocenters. The lowest BCUT2D eigenvalue weighted by Crippen LogP contribution is -2.05.